The van der Waals surface area contributed by atoms with E-state index in [9.17, 15) is 9.59 Å². The number of nitrogens with one attached hydrogen (secondary N) is 2. The molecule has 6 nitrogen and oxygen atoms in total. The number of aryl methyl sites for hydroxylation is 3. The van der Waals surface area contributed by atoms with E-state index in [1.54, 1.807) is 24.7 Å². The van der Waals surface area contributed by atoms with E-state index in [1.165, 1.54) is 11.3 Å². The van der Waals surface area contributed by atoms with Gasteiger partial charge in [-0.2, -0.15) is 0 Å². The van der Waals surface area contributed by atoms with Gasteiger partial charge in [-0.25, -0.2) is 4.98 Å². The lowest BCUT2D eigenvalue weighted by molar-refractivity contribution is -0.117. The van der Waals surface area contributed by atoms with Crippen molar-refractivity contribution in [2.75, 3.05) is 6.54 Å². The van der Waals surface area contributed by atoms with Crippen LogP contribution >= 0.6 is 11.3 Å². The number of amides is 2. The summed E-state index contributed by atoms with van der Waals surface area (Å²) < 4.78 is 1.95. The molecule has 2 N–H and O–H groups in total. The summed E-state index contributed by atoms with van der Waals surface area (Å²) in [7, 11) is 0. The van der Waals surface area contributed by atoms with Gasteiger partial charge in [-0.3, -0.25) is 9.59 Å². The maximum absolute atomic E-state index is 12.7. The minimum Gasteiger partial charge on any atom is -0.351 e. The molecule has 29 heavy (non-hydrogen) atoms. The number of hydrogen-bond donors (Lipinski definition) is 2. The molecule has 3 rings (SSSR count). The number of imidazole rings is 1. The van der Waals surface area contributed by atoms with Gasteiger partial charge in [-0.05, 0) is 61.1 Å². The van der Waals surface area contributed by atoms with E-state index < -0.39 is 0 Å². The Bertz CT molecular complexity index is 992. The van der Waals surface area contributed by atoms with Crippen molar-refractivity contribution >= 4 is 29.2 Å². The maximum atomic E-state index is 12.7. The fourth-order valence-corrected chi connectivity index (χ4v) is 3.39. The third kappa shape index (κ3) is 5.89. The van der Waals surface area contributed by atoms with Crippen LogP contribution in [0.3, 0.4) is 0 Å². The quantitative estimate of drug-likeness (QED) is 0.442. The van der Waals surface area contributed by atoms with Crippen LogP contribution < -0.4 is 10.6 Å². The van der Waals surface area contributed by atoms with Gasteiger partial charge in [-0.15, -0.1) is 11.3 Å². The number of nitrogens with zero attached hydrogens (tertiary/aromatic N) is 2. The number of aromatic nitrogens is 2. The molecule has 0 radical (unpaired) electrons. The van der Waals surface area contributed by atoms with Crippen LogP contribution in [-0.2, 0) is 11.3 Å². The standard InChI is InChI=1S/C22H24N4O2S/c1-16-6-7-18(13-17(16)2)21(27)25-20(14-19-5-3-12-29-19)22(28)24-8-4-10-26-11-9-23-15-26/h3,5-7,9,11-15H,4,8,10H2,1-2H3,(H,24,28)(H,25,27)/b20-14-. The highest BCUT2D eigenvalue weighted by Gasteiger charge is 2.15. The summed E-state index contributed by atoms with van der Waals surface area (Å²) in [4.78, 5) is 30.3. The highest BCUT2D eigenvalue weighted by Crippen LogP contribution is 2.14. The van der Waals surface area contributed by atoms with Gasteiger partial charge in [0.25, 0.3) is 11.8 Å². The summed E-state index contributed by atoms with van der Waals surface area (Å²) in [5.74, 6) is -0.606. The molecule has 0 saturated heterocycles. The first-order chi connectivity index (χ1) is 14.0. The van der Waals surface area contributed by atoms with Gasteiger partial charge in [0.05, 0.1) is 6.33 Å². The first kappa shape index (κ1) is 20.5. The average Bonchev–Trinajstić information content (AvgIpc) is 3.40. The number of hydrogen-bond acceptors (Lipinski definition) is 4. The van der Waals surface area contributed by atoms with E-state index in [-0.39, 0.29) is 17.5 Å². The van der Waals surface area contributed by atoms with Gasteiger partial charge in [0, 0.05) is 35.9 Å². The van der Waals surface area contributed by atoms with Gasteiger partial charge in [-0.1, -0.05) is 12.1 Å². The first-order valence-corrected chi connectivity index (χ1v) is 10.3. The third-order valence-corrected chi connectivity index (χ3v) is 5.35. The second kappa shape index (κ2) is 9.84. The van der Waals surface area contributed by atoms with E-state index >= 15 is 0 Å². The Hall–Kier alpha value is -3.19. The zero-order chi connectivity index (χ0) is 20.6. The second-order valence-electron chi connectivity index (χ2n) is 6.74. The van der Waals surface area contributed by atoms with Crippen molar-refractivity contribution in [1.82, 2.24) is 20.2 Å². The Morgan fingerprint density at radius 2 is 2.07 bits per heavy atom. The molecule has 3 aromatic rings. The molecule has 2 amide bonds. The number of benzene rings is 1. The summed E-state index contributed by atoms with van der Waals surface area (Å²) in [6.07, 6.45) is 7.82. The fourth-order valence-electron chi connectivity index (χ4n) is 2.73. The van der Waals surface area contributed by atoms with Crippen LogP contribution in [0.4, 0.5) is 0 Å². The Labute approximate surface area is 174 Å². The predicted octanol–water partition coefficient (Wildman–Crippen LogP) is 3.54. The molecule has 0 bridgehead atoms. The van der Waals surface area contributed by atoms with Crippen molar-refractivity contribution in [2.45, 2.75) is 26.8 Å². The molecule has 0 unspecified atom stereocenters. The predicted molar refractivity (Wildman–Crippen MR) is 116 cm³/mol. The van der Waals surface area contributed by atoms with Crippen LogP contribution in [0.1, 0.15) is 32.8 Å². The van der Waals surface area contributed by atoms with Gasteiger partial charge >= 0.3 is 0 Å². The van der Waals surface area contributed by atoms with E-state index in [1.807, 2.05) is 54.3 Å². The number of carbonyl (C=O) groups excluding carboxylic acids is 2. The largest absolute Gasteiger partial charge is 0.351 e. The summed E-state index contributed by atoms with van der Waals surface area (Å²) in [5, 5.41) is 7.59. The topological polar surface area (TPSA) is 76.0 Å². The van der Waals surface area contributed by atoms with Crippen molar-refractivity contribution in [3.05, 3.63) is 81.7 Å². The monoisotopic (exact) mass is 408 g/mol. The van der Waals surface area contributed by atoms with Crippen molar-refractivity contribution in [2.24, 2.45) is 0 Å². The van der Waals surface area contributed by atoms with Gasteiger partial charge in [0.1, 0.15) is 5.70 Å². The molecule has 0 spiro atoms. The molecule has 0 atom stereocenters. The van der Waals surface area contributed by atoms with Gasteiger partial charge in [0.15, 0.2) is 0 Å². The van der Waals surface area contributed by atoms with E-state index in [2.05, 4.69) is 15.6 Å². The van der Waals surface area contributed by atoms with Crippen molar-refractivity contribution < 1.29 is 9.59 Å². The highest BCUT2D eigenvalue weighted by molar-refractivity contribution is 7.10. The van der Waals surface area contributed by atoms with Crippen LogP contribution in [-0.4, -0.2) is 27.9 Å². The molecule has 0 fully saturated rings. The molecule has 0 aliphatic heterocycles. The maximum Gasteiger partial charge on any atom is 0.267 e. The summed E-state index contributed by atoms with van der Waals surface area (Å²) in [6.45, 7) is 5.22. The molecule has 0 aliphatic carbocycles. The summed E-state index contributed by atoms with van der Waals surface area (Å²) >= 11 is 1.50. The number of carbonyl (C=O) groups is 2. The van der Waals surface area contributed by atoms with Crippen LogP contribution in [0.2, 0.25) is 0 Å². The first-order valence-electron chi connectivity index (χ1n) is 9.40. The Balaban J connectivity index is 1.66. The van der Waals surface area contributed by atoms with Crippen LogP contribution in [0.25, 0.3) is 6.08 Å². The van der Waals surface area contributed by atoms with E-state index in [0.717, 1.165) is 29.0 Å². The molecular formula is C22H24N4O2S. The van der Waals surface area contributed by atoms with Crippen molar-refractivity contribution in [1.29, 1.82) is 0 Å². The SMILES string of the molecule is Cc1ccc(C(=O)N/C(=C\c2cccs2)C(=O)NCCCn2ccnc2)cc1C. The summed E-state index contributed by atoms with van der Waals surface area (Å²) in [5.41, 5.74) is 2.91. The molecule has 7 heteroatoms. The fraction of sp³-hybridized carbons (Fsp3) is 0.227. The van der Waals surface area contributed by atoms with Crippen LogP contribution in [0.5, 0.6) is 0 Å². The van der Waals surface area contributed by atoms with Gasteiger partial charge < -0.3 is 15.2 Å². The Morgan fingerprint density at radius 3 is 2.76 bits per heavy atom. The van der Waals surface area contributed by atoms with E-state index in [4.69, 9.17) is 0 Å². The molecular weight excluding hydrogens is 384 g/mol. The molecule has 0 saturated carbocycles. The highest BCUT2D eigenvalue weighted by atomic mass is 32.1. The lowest BCUT2D eigenvalue weighted by Crippen LogP contribution is -2.35. The second-order valence-corrected chi connectivity index (χ2v) is 7.72. The number of rotatable bonds is 8. The third-order valence-electron chi connectivity index (χ3n) is 4.53. The smallest absolute Gasteiger partial charge is 0.267 e. The molecule has 150 valence electrons. The minimum absolute atomic E-state index is 0.235. The molecule has 1 aromatic carbocycles. The zero-order valence-corrected chi connectivity index (χ0v) is 17.3. The minimum atomic E-state index is -0.304. The lowest BCUT2D eigenvalue weighted by atomic mass is 10.1. The number of thiophene rings is 1. The molecule has 0 aliphatic rings. The lowest BCUT2D eigenvalue weighted by Gasteiger charge is -2.12. The average molecular weight is 409 g/mol. The van der Waals surface area contributed by atoms with Crippen LogP contribution in [0.15, 0.2) is 60.1 Å². The van der Waals surface area contributed by atoms with Gasteiger partial charge in [0.2, 0.25) is 0 Å². The molecule has 2 aromatic heterocycles. The van der Waals surface area contributed by atoms with Crippen LogP contribution in [0, 0.1) is 13.8 Å². The zero-order valence-electron chi connectivity index (χ0n) is 16.5. The normalized spacial score (nSPS) is 11.3. The Kier molecular flexibility index (Phi) is 6.97. The van der Waals surface area contributed by atoms with Crippen molar-refractivity contribution in [3.63, 3.8) is 0 Å². The summed E-state index contributed by atoms with van der Waals surface area (Å²) in [6, 6.07) is 9.31. The molecule has 2 heterocycles. The Morgan fingerprint density at radius 1 is 1.21 bits per heavy atom. The van der Waals surface area contributed by atoms with E-state index in [0.29, 0.717) is 12.1 Å². The van der Waals surface area contributed by atoms with Crippen molar-refractivity contribution in [3.8, 4) is 0 Å².